The molecule has 4 nitrogen and oxygen atoms in total. The fourth-order valence-corrected chi connectivity index (χ4v) is 1.66. The van der Waals surface area contributed by atoms with Crippen LogP contribution in [-0.4, -0.2) is 36.1 Å². The van der Waals surface area contributed by atoms with E-state index in [0.29, 0.717) is 5.82 Å². The zero-order chi connectivity index (χ0) is 9.80. The van der Waals surface area contributed by atoms with Crippen LogP contribution in [0.1, 0.15) is 5.56 Å². The van der Waals surface area contributed by atoms with Gasteiger partial charge in [-0.05, 0) is 11.6 Å². The van der Waals surface area contributed by atoms with Crippen molar-refractivity contribution in [1.29, 1.82) is 0 Å². The van der Waals surface area contributed by atoms with Crippen LogP contribution in [0.5, 0.6) is 0 Å². The summed E-state index contributed by atoms with van der Waals surface area (Å²) in [6.45, 7) is 5.38. The second kappa shape index (κ2) is 4.39. The second-order valence-electron chi connectivity index (χ2n) is 3.62. The third kappa shape index (κ3) is 2.43. The molecule has 1 aliphatic heterocycles. The van der Waals surface area contributed by atoms with E-state index in [0.717, 1.165) is 32.7 Å². The van der Waals surface area contributed by atoms with Crippen LogP contribution in [-0.2, 0) is 6.54 Å². The first-order valence-corrected chi connectivity index (χ1v) is 4.98. The highest BCUT2D eigenvalue weighted by Gasteiger charge is 2.09. The minimum absolute atomic E-state index is 0.592. The number of hydrogen-bond acceptors (Lipinski definition) is 4. The molecule has 76 valence electrons. The number of nitrogens with two attached hydrogens (primary N) is 1. The Kier molecular flexibility index (Phi) is 2.96. The summed E-state index contributed by atoms with van der Waals surface area (Å²) in [7, 11) is 0. The Morgan fingerprint density at radius 2 is 2.14 bits per heavy atom. The number of aromatic nitrogens is 1. The lowest BCUT2D eigenvalue weighted by Gasteiger charge is -2.26. The van der Waals surface area contributed by atoms with Crippen LogP contribution < -0.4 is 11.1 Å². The van der Waals surface area contributed by atoms with E-state index in [1.165, 1.54) is 5.56 Å². The van der Waals surface area contributed by atoms with Crippen molar-refractivity contribution in [3.05, 3.63) is 23.9 Å². The first-order chi connectivity index (χ1) is 6.84. The van der Waals surface area contributed by atoms with Gasteiger partial charge in [-0.25, -0.2) is 4.98 Å². The number of nitrogens with zero attached hydrogens (tertiary/aromatic N) is 2. The molecule has 0 unspecified atom stereocenters. The van der Waals surface area contributed by atoms with Crippen molar-refractivity contribution in [2.45, 2.75) is 6.54 Å². The van der Waals surface area contributed by atoms with Crippen LogP contribution >= 0.6 is 0 Å². The lowest BCUT2D eigenvalue weighted by molar-refractivity contribution is 0.233. The third-order valence-electron chi connectivity index (χ3n) is 2.46. The van der Waals surface area contributed by atoms with Gasteiger partial charge in [0.1, 0.15) is 5.82 Å². The molecule has 0 radical (unpaired) electrons. The predicted molar refractivity (Wildman–Crippen MR) is 56.8 cm³/mol. The summed E-state index contributed by atoms with van der Waals surface area (Å²) in [6.07, 6.45) is 1.86. The van der Waals surface area contributed by atoms with Gasteiger partial charge in [-0.15, -0.1) is 0 Å². The largest absolute Gasteiger partial charge is 0.384 e. The molecule has 14 heavy (non-hydrogen) atoms. The van der Waals surface area contributed by atoms with E-state index in [1.807, 2.05) is 18.3 Å². The topological polar surface area (TPSA) is 54.2 Å². The van der Waals surface area contributed by atoms with Crippen LogP contribution in [0.25, 0.3) is 0 Å². The SMILES string of the molecule is Nc1ccc(CN2CCNCC2)cn1. The van der Waals surface area contributed by atoms with Gasteiger partial charge in [0.05, 0.1) is 0 Å². The Morgan fingerprint density at radius 1 is 1.36 bits per heavy atom. The molecular formula is C10H16N4. The van der Waals surface area contributed by atoms with Crippen molar-refractivity contribution in [3.8, 4) is 0 Å². The second-order valence-corrected chi connectivity index (χ2v) is 3.62. The maximum absolute atomic E-state index is 5.53. The molecule has 4 heteroatoms. The van der Waals surface area contributed by atoms with E-state index in [1.54, 1.807) is 0 Å². The Bertz CT molecular complexity index is 277. The summed E-state index contributed by atoms with van der Waals surface area (Å²) >= 11 is 0. The molecule has 0 bridgehead atoms. The number of pyridine rings is 1. The smallest absolute Gasteiger partial charge is 0.123 e. The molecule has 0 aliphatic carbocycles. The predicted octanol–water partition coefficient (Wildman–Crippen LogP) is 0.0690. The number of nitrogen functional groups attached to an aromatic ring is 1. The van der Waals surface area contributed by atoms with Crippen molar-refractivity contribution in [3.63, 3.8) is 0 Å². The summed E-state index contributed by atoms with van der Waals surface area (Å²) in [6, 6.07) is 3.90. The molecule has 0 saturated carbocycles. The highest BCUT2D eigenvalue weighted by molar-refractivity contribution is 5.29. The molecule has 1 aliphatic rings. The van der Waals surface area contributed by atoms with Gasteiger partial charge in [0.2, 0.25) is 0 Å². The van der Waals surface area contributed by atoms with Gasteiger partial charge in [-0.2, -0.15) is 0 Å². The van der Waals surface area contributed by atoms with E-state index in [9.17, 15) is 0 Å². The van der Waals surface area contributed by atoms with E-state index in [4.69, 9.17) is 5.73 Å². The van der Waals surface area contributed by atoms with Crippen LogP contribution in [0.2, 0.25) is 0 Å². The minimum atomic E-state index is 0.592. The average Bonchev–Trinajstić information content (AvgIpc) is 2.23. The van der Waals surface area contributed by atoms with Gasteiger partial charge < -0.3 is 11.1 Å². The molecule has 2 rings (SSSR count). The summed E-state index contributed by atoms with van der Waals surface area (Å²) in [5.74, 6) is 0.592. The van der Waals surface area contributed by atoms with Crippen molar-refractivity contribution < 1.29 is 0 Å². The summed E-state index contributed by atoms with van der Waals surface area (Å²) in [5, 5.41) is 3.33. The number of anilines is 1. The van der Waals surface area contributed by atoms with E-state index in [2.05, 4.69) is 15.2 Å². The van der Waals surface area contributed by atoms with Gasteiger partial charge in [0.25, 0.3) is 0 Å². The number of hydrogen-bond donors (Lipinski definition) is 2. The number of nitrogens with one attached hydrogen (secondary N) is 1. The lowest BCUT2D eigenvalue weighted by atomic mass is 10.2. The van der Waals surface area contributed by atoms with Crippen LogP contribution in [0.15, 0.2) is 18.3 Å². The van der Waals surface area contributed by atoms with Gasteiger partial charge in [-0.1, -0.05) is 6.07 Å². The maximum atomic E-state index is 5.53. The zero-order valence-electron chi connectivity index (χ0n) is 8.24. The van der Waals surface area contributed by atoms with Crippen molar-refractivity contribution in [2.24, 2.45) is 0 Å². The first kappa shape index (κ1) is 9.43. The summed E-state index contributed by atoms with van der Waals surface area (Å²) in [4.78, 5) is 6.50. The molecule has 1 fully saturated rings. The summed E-state index contributed by atoms with van der Waals surface area (Å²) in [5.41, 5.74) is 6.76. The first-order valence-electron chi connectivity index (χ1n) is 4.98. The molecule has 2 heterocycles. The monoisotopic (exact) mass is 192 g/mol. The quantitative estimate of drug-likeness (QED) is 0.696. The average molecular weight is 192 g/mol. The van der Waals surface area contributed by atoms with Gasteiger partial charge >= 0.3 is 0 Å². The molecule has 0 aromatic carbocycles. The molecule has 3 N–H and O–H groups in total. The lowest BCUT2D eigenvalue weighted by Crippen LogP contribution is -2.42. The third-order valence-corrected chi connectivity index (χ3v) is 2.46. The standard InChI is InChI=1S/C10H16N4/c11-10-2-1-9(7-13-10)8-14-5-3-12-4-6-14/h1-2,7,12H,3-6,8H2,(H2,11,13). The fraction of sp³-hybridized carbons (Fsp3) is 0.500. The number of rotatable bonds is 2. The fourth-order valence-electron chi connectivity index (χ4n) is 1.66. The molecular weight excluding hydrogens is 176 g/mol. The van der Waals surface area contributed by atoms with Gasteiger partial charge in [-0.3, -0.25) is 4.90 Å². The molecule has 1 saturated heterocycles. The van der Waals surface area contributed by atoms with Gasteiger partial charge in [0.15, 0.2) is 0 Å². The minimum Gasteiger partial charge on any atom is -0.384 e. The Hall–Kier alpha value is -1.13. The number of piperazine rings is 1. The molecule has 1 aromatic heterocycles. The molecule has 0 amide bonds. The molecule has 0 spiro atoms. The Balaban J connectivity index is 1.92. The Morgan fingerprint density at radius 3 is 2.79 bits per heavy atom. The normalized spacial score (nSPS) is 18.3. The Labute approximate surface area is 84.1 Å². The van der Waals surface area contributed by atoms with Crippen LogP contribution in [0, 0.1) is 0 Å². The van der Waals surface area contributed by atoms with Crippen LogP contribution in [0.4, 0.5) is 5.82 Å². The van der Waals surface area contributed by atoms with Crippen molar-refractivity contribution in [1.82, 2.24) is 15.2 Å². The van der Waals surface area contributed by atoms with Crippen LogP contribution in [0.3, 0.4) is 0 Å². The summed E-state index contributed by atoms with van der Waals surface area (Å²) < 4.78 is 0. The van der Waals surface area contributed by atoms with Crippen molar-refractivity contribution in [2.75, 3.05) is 31.9 Å². The van der Waals surface area contributed by atoms with E-state index in [-0.39, 0.29) is 0 Å². The van der Waals surface area contributed by atoms with E-state index < -0.39 is 0 Å². The zero-order valence-corrected chi connectivity index (χ0v) is 8.24. The molecule has 1 aromatic rings. The van der Waals surface area contributed by atoms with Gasteiger partial charge in [0, 0.05) is 38.9 Å². The van der Waals surface area contributed by atoms with E-state index >= 15 is 0 Å². The van der Waals surface area contributed by atoms with Crippen molar-refractivity contribution >= 4 is 5.82 Å². The highest BCUT2D eigenvalue weighted by atomic mass is 15.2. The molecule has 0 atom stereocenters. The highest BCUT2D eigenvalue weighted by Crippen LogP contribution is 2.05. The maximum Gasteiger partial charge on any atom is 0.123 e.